The van der Waals surface area contributed by atoms with Crippen molar-refractivity contribution in [2.45, 2.75) is 20.3 Å². The van der Waals surface area contributed by atoms with E-state index in [1.807, 2.05) is 44.2 Å². The molecule has 4 heteroatoms. The van der Waals surface area contributed by atoms with E-state index in [4.69, 9.17) is 11.5 Å². The zero-order valence-electron chi connectivity index (χ0n) is 10.1. The predicted octanol–water partition coefficient (Wildman–Crippen LogP) is 0.842. The molecule has 1 aromatic carbocycles. The average Bonchev–Trinajstić information content (AvgIpc) is 2.15. The second kappa shape index (κ2) is 4.99. The molecule has 0 aliphatic carbocycles. The monoisotopic (exact) mass is 234 g/mol. The van der Waals surface area contributed by atoms with Gasteiger partial charge in [-0.25, -0.2) is 0 Å². The zero-order chi connectivity index (χ0) is 13.1. The van der Waals surface area contributed by atoms with Crippen LogP contribution in [-0.4, -0.2) is 11.8 Å². The lowest BCUT2D eigenvalue weighted by molar-refractivity contribution is -0.136. The summed E-state index contributed by atoms with van der Waals surface area (Å²) in [5.41, 5.74) is 10.9. The molecule has 0 unspecified atom stereocenters. The predicted molar refractivity (Wildman–Crippen MR) is 65.8 cm³/mol. The Kier molecular flexibility index (Phi) is 3.89. The van der Waals surface area contributed by atoms with Crippen molar-refractivity contribution >= 4 is 11.8 Å². The molecule has 4 nitrogen and oxygen atoms in total. The molecule has 0 heterocycles. The molecule has 17 heavy (non-hydrogen) atoms. The second-order valence-electron chi connectivity index (χ2n) is 4.89. The average molecular weight is 234 g/mol. The summed E-state index contributed by atoms with van der Waals surface area (Å²) in [7, 11) is 0. The van der Waals surface area contributed by atoms with Gasteiger partial charge in [0.05, 0.1) is 0 Å². The molecule has 1 rings (SSSR count). The van der Waals surface area contributed by atoms with Gasteiger partial charge >= 0.3 is 0 Å². The van der Waals surface area contributed by atoms with E-state index in [1.165, 1.54) is 0 Å². The molecular weight excluding hydrogens is 216 g/mol. The quantitative estimate of drug-likeness (QED) is 0.740. The van der Waals surface area contributed by atoms with Crippen molar-refractivity contribution in [1.82, 2.24) is 0 Å². The Morgan fingerprint density at radius 2 is 1.59 bits per heavy atom. The molecule has 0 bridgehead atoms. The topological polar surface area (TPSA) is 86.2 Å². The van der Waals surface area contributed by atoms with E-state index >= 15 is 0 Å². The van der Waals surface area contributed by atoms with Crippen molar-refractivity contribution in [3.8, 4) is 0 Å². The molecule has 4 N–H and O–H groups in total. The lowest BCUT2D eigenvalue weighted by Gasteiger charge is -2.30. The molecule has 0 saturated carbocycles. The third-order valence-electron chi connectivity index (χ3n) is 2.85. The van der Waals surface area contributed by atoms with Crippen molar-refractivity contribution in [3.05, 3.63) is 35.9 Å². The Bertz CT molecular complexity index is 399. The van der Waals surface area contributed by atoms with Crippen molar-refractivity contribution in [1.29, 1.82) is 0 Å². The zero-order valence-corrected chi connectivity index (χ0v) is 10.1. The van der Waals surface area contributed by atoms with Gasteiger partial charge in [0.25, 0.3) is 0 Å². The van der Waals surface area contributed by atoms with Crippen LogP contribution in [0.5, 0.6) is 0 Å². The van der Waals surface area contributed by atoms with Crippen molar-refractivity contribution in [2.75, 3.05) is 0 Å². The summed E-state index contributed by atoms with van der Waals surface area (Å²) >= 11 is 0. The maximum absolute atomic E-state index is 11.3. The normalized spacial score (nSPS) is 11.5. The first-order chi connectivity index (χ1) is 7.84. The van der Waals surface area contributed by atoms with Crippen LogP contribution in [0.4, 0.5) is 0 Å². The number of carbonyl (C=O) groups excluding carboxylic acids is 2. The van der Waals surface area contributed by atoms with Crippen LogP contribution in [0.1, 0.15) is 19.4 Å². The number of primary amides is 2. The summed E-state index contributed by atoms with van der Waals surface area (Å²) in [6.07, 6.45) is 0.574. The Morgan fingerprint density at radius 1 is 1.12 bits per heavy atom. The smallest absolute Gasteiger partial charge is 0.230 e. The van der Waals surface area contributed by atoms with Crippen LogP contribution in [0, 0.1) is 11.3 Å². The van der Waals surface area contributed by atoms with Gasteiger partial charge in [-0.1, -0.05) is 44.2 Å². The number of benzene rings is 1. The summed E-state index contributed by atoms with van der Waals surface area (Å²) in [5, 5.41) is 0. The molecule has 1 aromatic rings. The third-order valence-corrected chi connectivity index (χ3v) is 2.85. The summed E-state index contributed by atoms with van der Waals surface area (Å²) in [6.45, 7) is 3.64. The van der Waals surface area contributed by atoms with Gasteiger partial charge in [-0.3, -0.25) is 9.59 Å². The highest BCUT2D eigenvalue weighted by molar-refractivity contribution is 5.99. The second-order valence-corrected chi connectivity index (χ2v) is 4.89. The van der Waals surface area contributed by atoms with Gasteiger partial charge in [0.2, 0.25) is 11.8 Å². The minimum absolute atomic E-state index is 0.574. The highest BCUT2D eigenvalue weighted by Crippen LogP contribution is 2.30. The molecule has 0 aliphatic heterocycles. The fourth-order valence-electron chi connectivity index (χ4n) is 2.13. The molecule has 0 spiro atoms. The molecule has 2 amide bonds. The van der Waals surface area contributed by atoms with Crippen LogP contribution in [0.15, 0.2) is 30.3 Å². The largest absolute Gasteiger partial charge is 0.369 e. The molecule has 0 fully saturated rings. The van der Waals surface area contributed by atoms with Gasteiger partial charge < -0.3 is 11.5 Å². The van der Waals surface area contributed by atoms with E-state index in [-0.39, 0.29) is 0 Å². The van der Waals surface area contributed by atoms with Gasteiger partial charge in [0.15, 0.2) is 0 Å². The summed E-state index contributed by atoms with van der Waals surface area (Å²) in [6, 6.07) is 9.63. The Labute approximate surface area is 101 Å². The van der Waals surface area contributed by atoms with Crippen LogP contribution in [0.2, 0.25) is 0 Å². The Hall–Kier alpha value is -1.84. The maximum Gasteiger partial charge on any atom is 0.230 e. The van der Waals surface area contributed by atoms with Crippen LogP contribution >= 0.6 is 0 Å². The van der Waals surface area contributed by atoms with Crippen LogP contribution in [-0.2, 0) is 16.0 Å². The third kappa shape index (κ3) is 3.31. The van der Waals surface area contributed by atoms with Crippen LogP contribution in [0.3, 0.4) is 0 Å². The minimum Gasteiger partial charge on any atom is -0.369 e. The molecular formula is C13H18N2O2. The summed E-state index contributed by atoms with van der Waals surface area (Å²) < 4.78 is 0. The molecule has 0 radical (unpaired) electrons. The number of rotatable bonds is 5. The van der Waals surface area contributed by atoms with E-state index in [9.17, 15) is 9.59 Å². The number of amides is 2. The van der Waals surface area contributed by atoms with Gasteiger partial charge in [0.1, 0.15) is 5.92 Å². The summed E-state index contributed by atoms with van der Waals surface area (Å²) in [4.78, 5) is 22.6. The standard InChI is InChI=1S/C13H18N2O2/c1-13(2,10(11(14)16)12(15)17)8-9-6-4-3-5-7-9/h3-7,10H,8H2,1-2H3,(H2,14,16)(H2,15,17). The van der Waals surface area contributed by atoms with E-state index in [0.717, 1.165) is 5.56 Å². The Balaban J connectivity index is 2.93. The molecule has 0 atom stereocenters. The first kappa shape index (κ1) is 13.2. The highest BCUT2D eigenvalue weighted by atomic mass is 16.2. The molecule has 0 aromatic heterocycles. The molecule has 0 saturated heterocycles. The summed E-state index contributed by atoms with van der Waals surface area (Å²) in [5.74, 6) is -2.29. The van der Waals surface area contributed by atoms with Gasteiger partial charge in [-0.15, -0.1) is 0 Å². The molecule has 0 aliphatic rings. The number of hydrogen-bond acceptors (Lipinski definition) is 2. The van der Waals surface area contributed by atoms with Gasteiger partial charge in [-0.05, 0) is 17.4 Å². The minimum atomic E-state index is -0.956. The fourth-order valence-corrected chi connectivity index (χ4v) is 2.13. The fraction of sp³-hybridized carbons (Fsp3) is 0.385. The van der Waals surface area contributed by atoms with Crippen LogP contribution < -0.4 is 11.5 Å². The number of hydrogen-bond donors (Lipinski definition) is 2. The van der Waals surface area contributed by atoms with Crippen molar-refractivity contribution in [3.63, 3.8) is 0 Å². The van der Waals surface area contributed by atoms with E-state index in [1.54, 1.807) is 0 Å². The number of nitrogens with two attached hydrogens (primary N) is 2. The van der Waals surface area contributed by atoms with Gasteiger partial charge in [-0.2, -0.15) is 0 Å². The lowest BCUT2D eigenvalue weighted by atomic mass is 9.73. The van der Waals surface area contributed by atoms with Crippen molar-refractivity contribution < 1.29 is 9.59 Å². The number of carbonyl (C=O) groups is 2. The SMILES string of the molecule is CC(C)(Cc1ccccc1)C(C(N)=O)C(N)=O. The van der Waals surface area contributed by atoms with E-state index < -0.39 is 23.1 Å². The maximum atomic E-state index is 11.3. The first-order valence-electron chi connectivity index (χ1n) is 5.47. The van der Waals surface area contributed by atoms with Crippen molar-refractivity contribution in [2.24, 2.45) is 22.8 Å². The van der Waals surface area contributed by atoms with Crippen LogP contribution in [0.25, 0.3) is 0 Å². The molecule has 92 valence electrons. The highest BCUT2D eigenvalue weighted by Gasteiger charge is 2.38. The van der Waals surface area contributed by atoms with Gasteiger partial charge in [0, 0.05) is 0 Å². The first-order valence-corrected chi connectivity index (χ1v) is 5.47. The lowest BCUT2D eigenvalue weighted by Crippen LogP contribution is -2.45. The Morgan fingerprint density at radius 3 is 2.00 bits per heavy atom. The van der Waals surface area contributed by atoms with E-state index in [0.29, 0.717) is 6.42 Å². The van der Waals surface area contributed by atoms with E-state index in [2.05, 4.69) is 0 Å².